The molecule has 3 heterocycles. The highest BCUT2D eigenvalue weighted by Gasteiger charge is 2.47. The second kappa shape index (κ2) is 8.39. The van der Waals surface area contributed by atoms with Gasteiger partial charge in [0.1, 0.15) is 35.4 Å². The van der Waals surface area contributed by atoms with Crippen LogP contribution >= 0.6 is 0 Å². The summed E-state index contributed by atoms with van der Waals surface area (Å²) in [7, 11) is 0. The van der Waals surface area contributed by atoms with E-state index in [1.54, 1.807) is 17.0 Å². The molecule has 2 atom stereocenters. The first-order valence-electron chi connectivity index (χ1n) is 9.66. The number of hydrogen-bond acceptors (Lipinski definition) is 6. The molecule has 1 N–H and O–H groups in total. The third-order valence-corrected chi connectivity index (χ3v) is 5.29. The van der Waals surface area contributed by atoms with E-state index in [-0.39, 0.29) is 50.3 Å². The van der Waals surface area contributed by atoms with Crippen LogP contribution in [0.2, 0.25) is 0 Å². The molecule has 0 radical (unpaired) electrons. The van der Waals surface area contributed by atoms with E-state index >= 15 is 0 Å². The molecule has 2 unspecified atom stereocenters. The number of nitrogens with zero attached hydrogens (tertiary/aromatic N) is 3. The smallest absolute Gasteiger partial charge is 0.369 e. The number of rotatable bonds is 4. The molecule has 4 rings (SSSR count). The minimum absolute atomic E-state index is 0.134. The lowest BCUT2D eigenvalue weighted by atomic mass is 9.97. The zero-order valence-corrected chi connectivity index (χ0v) is 16.4. The van der Waals surface area contributed by atoms with Crippen molar-refractivity contribution in [1.29, 1.82) is 0 Å². The molecule has 2 aromatic rings. The lowest BCUT2D eigenvalue weighted by Crippen LogP contribution is -2.53. The van der Waals surface area contributed by atoms with Gasteiger partial charge in [0.15, 0.2) is 0 Å². The van der Waals surface area contributed by atoms with Gasteiger partial charge in [-0.25, -0.2) is 14.4 Å². The van der Waals surface area contributed by atoms with Crippen LogP contribution in [0.15, 0.2) is 36.7 Å². The summed E-state index contributed by atoms with van der Waals surface area (Å²) in [5.41, 5.74) is -1.09. The van der Waals surface area contributed by atoms with Crippen LogP contribution in [0.3, 0.4) is 0 Å². The van der Waals surface area contributed by atoms with Gasteiger partial charge >= 0.3 is 6.18 Å². The Labute approximate surface area is 175 Å². The van der Waals surface area contributed by atoms with Crippen molar-refractivity contribution in [1.82, 2.24) is 15.3 Å². The molecule has 1 aromatic heterocycles. The first-order valence-corrected chi connectivity index (χ1v) is 9.66. The van der Waals surface area contributed by atoms with Crippen molar-refractivity contribution in [2.45, 2.75) is 30.8 Å². The van der Waals surface area contributed by atoms with Gasteiger partial charge < -0.3 is 19.7 Å². The normalized spacial score (nSPS) is 23.9. The molecule has 31 heavy (non-hydrogen) atoms. The van der Waals surface area contributed by atoms with Gasteiger partial charge in [-0.3, -0.25) is 4.79 Å². The zero-order chi connectivity index (χ0) is 22.1. The average molecular weight is 440 g/mol. The van der Waals surface area contributed by atoms with Crippen LogP contribution in [0.5, 0.6) is 0 Å². The average Bonchev–Trinajstić information content (AvgIpc) is 3.16. The molecule has 0 bridgehead atoms. The van der Waals surface area contributed by atoms with E-state index in [2.05, 4.69) is 15.3 Å². The van der Waals surface area contributed by atoms with Crippen molar-refractivity contribution < 1.29 is 31.8 Å². The van der Waals surface area contributed by atoms with Crippen LogP contribution in [0, 0.1) is 5.82 Å². The van der Waals surface area contributed by atoms with Crippen molar-refractivity contribution in [2.75, 3.05) is 31.2 Å². The third-order valence-electron chi connectivity index (χ3n) is 5.29. The van der Waals surface area contributed by atoms with Crippen molar-refractivity contribution >= 4 is 11.7 Å². The fraction of sp³-hybridized carbons (Fsp3) is 0.450. The number of anilines is 1. The topological polar surface area (TPSA) is 76.6 Å². The molecule has 2 aliphatic heterocycles. The number of carbonyl (C=O) groups excluding carboxylic acids is 1. The number of morpholine rings is 1. The lowest BCUT2D eigenvalue weighted by molar-refractivity contribution is -0.141. The predicted molar refractivity (Wildman–Crippen MR) is 101 cm³/mol. The highest BCUT2D eigenvalue weighted by atomic mass is 19.4. The summed E-state index contributed by atoms with van der Waals surface area (Å²) in [5.74, 6) is -0.543. The molecular weight excluding hydrogens is 420 g/mol. The Kier molecular flexibility index (Phi) is 5.80. The number of alkyl halides is 3. The fourth-order valence-electron chi connectivity index (χ4n) is 3.71. The number of aromatic nitrogens is 2. The molecule has 0 aliphatic carbocycles. The van der Waals surface area contributed by atoms with E-state index in [4.69, 9.17) is 9.47 Å². The molecule has 2 fully saturated rings. The summed E-state index contributed by atoms with van der Waals surface area (Å²) < 4.78 is 63.4. The number of hydrogen-bond donors (Lipinski definition) is 1. The minimum atomic E-state index is -4.56. The third kappa shape index (κ3) is 4.93. The van der Waals surface area contributed by atoms with Crippen LogP contribution in [-0.4, -0.2) is 53.9 Å². The molecule has 11 heteroatoms. The molecule has 1 aromatic carbocycles. The molecule has 1 amide bonds. The minimum Gasteiger partial charge on any atom is -0.369 e. The monoisotopic (exact) mass is 440 g/mol. The van der Waals surface area contributed by atoms with E-state index in [1.807, 2.05) is 0 Å². The number of nitrogens with one attached hydrogen (secondary N) is 1. The van der Waals surface area contributed by atoms with Crippen LogP contribution in [0.25, 0.3) is 0 Å². The van der Waals surface area contributed by atoms with Gasteiger partial charge in [0.05, 0.1) is 19.8 Å². The van der Waals surface area contributed by atoms with Gasteiger partial charge in [-0.05, 0) is 17.7 Å². The maximum absolute atomic E-state index is 13.0. The Morgan fingerprint density at radius 3 is 2.77 bits per heavy atom. The molecule has 7 nitrogen and oxygen atoms in total. The second-order valence-electron chi connectivity index (χ2n) is 7.56. The largest absolute Gasteiger partial charge is 0.433 e. The summed E-state index contributed by atoms with van der Waals surface area (Å²) in [6.45, 7) is 1.22. The van der Waals surface area contributed by atoms with Gasteiger partial charge in [0.2, 0.25) is 5.91 Å². The Bertz CT molecular complexity index is 941. The maximum Gasteiger partial charge on any atom is 0.433 e. The number of halogens is 4. The molecule has 2 aliphatic rings. The van der Waals surface area contributed by atoms with E-state index in [0.717, 1.165) is 18.0 Å². The van der Waals surface area contributed by atoms with Gasteiger partial charge in [-0.2, -0.15) is 13.2 Å². The summed E-state index contributed by atoms with van der Waals surface area (Å²) in [6.07, 6.45) is -4.17. The van der Waals surface area contributed by atoms with Crippen LogP contribution in [0.1, 0.15) is 17.7 Å². The summed E-state index contributed by atoms with van der Waals surface area (Å²) in [4.78, 5) is 21.4. The molecular formula is C20H20F4N4O3. The summed E-state index contributed by atoms with van der Waals surface area (Å²) >= 11 is 0. The van der Waals surface area contributed by atoms with Gasteiger partial charge in [0, 0.05) is 25.6 Å². The number of ether oxygens (including phenoxy) is 2. The number of benzene rings is 1. The second-order valence-corrected chi connectivity index (χ2v) is 7.56. The van der Waals surface area contributed by atoms with Crippen molar-refractivity contribution in [3.63, 3.8) is 0 Å². The fourth-order valence-corrected chi connectivity index (χ4v) is 3.71. The highest BCUT2D eigenvalue weighted by Crippen LogP contribution is 2.34. The summed E-state index contributed by atoms with van der Waals surface area (Å²) in [5, 5.41) is 2.75. The van der Waals surface area contributed by atoms with Crippen molar-refractivity contribution in [2.24, 2.45) is 0 Å². The van der Waals surface area contributed by atoms with Crippen LogP contribution in [-0.2, 0) is 27.0 Å². The highest BCUT2D eigenvalue weighted by molar-refractivity contribution is 5.81. The van der Waals surface area contributed by atoms with E-state index < -0.39 is 23.6 Å². The Hall–Kier alpha value is -2.79. The van der Waals surface area contributed by atoms with Crippen molar-refractivity contribution in [3.8, 4) is 0 Å². The van der Waals surface area contributed by atoms with Crippen LogP contribution in [0.4, 0.5) is 23.4 Å². The number of amides is 1. The quantitative estimate of drug-likeness (QED) is 0.736. The van der Waals surface area contributed by atoms with Crippen molar-refractivity contribution in [3.05, 3.63) is 53.7 Å². The lowest BCUT2D eigenvalue weighted by Gasteiger charge is -2.40. The first kappa shape index (κ1) is 21.4. The predicted octanol–water partition coefficient (Wildman–Crippen LogP) is 2.32. The first-order chi connectivity index (χ1) is 14.7. The van der Waals surface area contributed by atoms with Gasteiger partial charge in [0.25, 0.3) is 0 Å². The molecule has 166 valence electrons. The van der Waals surface area contributed by atoms with Gasteiger partial charge in [-0.1, -0.05) is 12.1 Å². The Morgan fingerprint density at radius 1 is 1.26 bits per heavy atom. The number of carbonyl (C=O) groups is 1. The maximum atomic E-state index is 13.0. The van der Waals surface area contributed by atoms with Crippen LogP contribution < -0.4 is 10.2 Å². The molecule has 0 saturated carbocycles. The Morgan fingerprint density at radius 2 is 2.03 bits per heavy atom. The molecule has 1 spiro atoms. The standard InChI is InChI=1S/C20H20F4N4O3/c21-14-3-1-13(2-4-14)9-25-18(29)15-8-19(11-30-15)10-28(5-6-31-19)17-7-16(20(22,23)24)26-12-27-17/h1-4,7,12,15H,5-6,8-11H2,(H,25,29). The zero-order valence-electron chi connectivity index (χ0n) is 16.4. The summed E-state index contributed by atoms with van der Waals surface area (Å²) in [6, 6.07) is 6.67. The van der Waals surface area contributed by atoms with Gasteiger partial charge in [-0.15, -0.1) is 0 Å². The SMILES string of the molecule is O=C(NCc1ccc(F)cc1)C1CC2(CO1)CN(c1cc(C(F)(F)F)ncn1)CCO2. The van der Waals surface area contributed by atoms with E-state index in [0.29, 0.717) is 6.54 Å². The Balaban J connectivity index is 1.38. The van der Waals surface area contributed by atoms with E-state index in [1.165, 1.54) is 12.1 Å². The van der Waals surface area contributed by atoms with E-state index in [9.17, 15) is 22.4 Å². The molecule has 2 saturated heterocycles.